The fourth-order valence-corrected chi connectivity index (χ4v) is 2.42. The number of rotatable bonds is 3. The lowest BCUT2D eigenvalue weighted by Gasteiger charge is -2.22. The first kappa shape index (κ1) is 14.1. The summed E-state index contributed by atoms with van der Waals surface area (Å²) in [6.45, 7) is 1.95. The summed E-state index contributed by atoms with van der Waals surface area (Å²) in [6.07, 6.45) is 9.81. The van der Waals surface area contributed by atoms with Gasteiger partial charge in [-0.25, -0.2) is 4.39 Å². The van der Waals surface area contributed by atoms with Gasteiger partial charge in [-0.05, 0) is 42.5 Å². The molecule has 2 rings (SSSR count). The molecule has 104 valence electrons. The van der Waals surface area contributed by atoms with Crippen molar-refractivity contribution in [3.05, 3.63) is 64.9 Å². The highest BCUT2D eigenvalue weighted by molar-refractivity contribution is 6.01. The number of carbonyl (C=O) groups is 1. The predicted molar refractivity (Wildman–Crippen MR) is 77.4 cm³/mol. The van der Waals surface area contributed by atoms with Gasteiger partial charge in [-0.2, -0.15) is 0 Å². The minimum absolute atomic E-state index is 0.168. The molecule has 0 aromatic heterocycles. The number of likely N-dealkylation sites (N-methyl/N-ethyl adjacent to an activating group) is 1. The number of nitrogens with one attached hydrogen (secondary N) is 1. The first-order valence-electron chi connectivity index (χ1n) is 6.38. The Morgan fingerprint density at radius 3 is 2.95 bits per heavy atom. The summed E-state index contributed by atoms with van der Waals surface area (Å²) < 4.78 is 13.4. The zero-order chi connectivity index (χ0) is 14.7. The molecule has 0 saturated heterocycles. The van der Waals surface area contributed by atoms with Crippen LogP contribution in [0.4, 0.5) is 4.39 Å². The SMILES string of the molecule is CN/C=C\C=C(/C)C1C2=C(C=C(F)C=C=C2)C(=O)N1C. The molecule has 0 aromatic carbocycles. The maximum absolute atomic E-state index is 13.4. The van der Waals surface area contributed by atoms with Crippen LogP contribution in [0.1, 0.15) is 6.92 Å². The molecule has 0 radical (unpaired) electrons. The van der Waals surface area contributed by atoms with E-state index in [-0.39, 0.29) is 11.9 Å². The fourth-order valence-electron chi connectivity index (χ4n) is 2.42. The summed E-state index contributed by atoms with van der Waals surface area (Å²) >= 11 is 0. The Bertz CT molecular complexity index is 616. The number of nitrogens with zero attached hydrogens (tertiary/aromatic N) is 1. The highest BCUT2D eigenvalue weighted by Crippen LogP contribution is 2.32. The second-order valence-electron chi connectivity index (χ2n) is 4.73. The van der Waals surface area contributed by atoms with Crippen LogP contribution < -0.4 is 5.32 Å². The predicted octanol–water partition coefficient (Wildman–Crippen LogP) is 2.38. The van der Waals surface area contributed by atoms with Crippen molar-refractivity contribution in [1.82, 2.24) is 10.2 Å². The molecule has 1 aliphatic heterocycles. The average molecular weight is 272 g/mol. The van der Waals surface area contributed by atoms with Crippen LogP contribution in [0.3, 0.4) is 0 Å². The number of amides is 1. The van der Waals surface area contributed by atoms with Gasteiger partial charge in [-0.3, -0.25) is 4.79 Å². The van der Waals surface area contributed by atoms with E-state index in [0.717, 1.165) is 11.1 Å². The monoisotopic (exact) mass is 272 g/mol. The highest BCUT2D eigenvalue weighted by Gasteiger charge is 2.35. The lowest BCUT2D eigenvalue weighted by molar-refractivity contribution is -0.124. The summed E-state index contributed by atoms with van der Waals surface area (Å²) in [6, 6.07) is -0.179. The number of halogens is 1. The van der Waals surface area contributed by atoms with Crippen molar-refractivity contribution in [2.24, 2.45) is 0 Å². The highest BCUT2D eigenvalue weighted by atomic mass is 19.1. The van der Waals surface area contributed by atoms with Gasteiger partial charge in [0.25, 0.3) is 5.91 Å². The van der Waals surface area contributed by atoms with Gasteiger partial charge >= 0.3 is 0 Å². The van der Waals surface area contributed by atoms with Gasteiger partial charge in [0.2, 0.25) is 0 Å². The second-order valence-corrected chi connectivity index (χ2v) is 4.73. The van der Waals surface area contributed by atoms with Crippen molar-refractivity contribution in [1.29, 1.82) is 0 Å². The Balaban J connectivity index is 2.44. The van der Waals surface area contributed by atoms with Gasteiger partial charge in [0.1, 0.15) is 5.83 Å². The summed E-state index contributed by atoms with van der Waals surface area (Å²) in [4.78, 5) is 13.8. The topological polar surface area (TPSA) is 32.3 Å². The standard InChI is InChI=1S/C16H17FN2O/c1-11(6-5-9-18-2)15-13-8-4-7-12(17)10-14(13)16(20)19(15)3/h5-10,15,18H,1-3H3/b9-5-,11-6+. The zero-order valence-electron chi connectivity index (χ0n) is 11.8. The van der Waals surface area contributed by atoms with Crippen molar-refractivity contribution >= 4 is 5.91 Å². The van der Waals surface area contributed by atoms with Crippen LogP contribution in [0.5, 0.6) is 0 Å². The van der Waals surface area contributed by atoms with Gasteiger partial charge < -0.3 is 10.2 Å². The van der Waals surface area contributed by atoms with Gasteiger partial charge in [0.15, 0.2) is 0 Å². The zero-order valence-corrected chi connectivity index (χ0v) is 11.8. The van der Waals surface area contributed by atoms with Gasteiger partial charge in [0.05, 0.1) is 6.04 Å². The first-order valence-corrected chi connectivity index (χ1v) is 6.38. The maximum atomic E-state index is 13.4. The van der Waals surface area contributed by atoms with Gasteiger partial charge in [-0.15, -0.1) is 5.73 Å². The van der Waals surface area contributed by atoms with Crippen LogP contribution in [0.2, 0.25) is 0 Å². The summed E-state index contributed by atoms with van der Waals surface area (Å²) in [7, 11) is 3.54. The molecule has 2 aliphatic rings. The first-order chi connectivity index (χ1) is 9.56. The van der Waals surface area contributed by atoms with Crippen LogP contribution in [-0.4, -0.2) is 30.9 Å². The van der Waals surface area contributed by atoms with E-state index in [1.165, 1.54) is 12.2 Å². The Morgan fingerprint density at radius 2 is 2.25 bits per heavy atom. The van der Waals surface area contributed by atoms with Crippen molar-refractivity contribution in [2.45, 2.75) is 13.0 Å². The molecule has 0 saturated carbocycles. The molecule has 1 heterocycles. The third-order valence-electron chi connectivity index (χ3n) is 3.34. The van der Waals surface area contributed by atoms with E-state index in [1.54, 1.807) is 24.2 Å². The van der Waals surface area contributed by atoms with Crippen LogP contribution in [0, 0.1) is 0 Å². The smallest absolute Gasteiger partial charge is 0.254 e. The molecule has 3 nitrogen and oxygen atoms in total. The van der Waals surface area contributed by atoms with Crippen LogP contribution >= 0.6 is 0 Å². The van der Waals surface area contributed by atoms with E-state index in [1.807, 2.05) is 26.1 Å². The van der Waals surface area contributed by atoms with Crippen molar-refractivity contribution in [3.63, 3.8) is 0 Å². The molecule has 0 bridgehead atoms. The molecule has 1 atom stereocenters. The van der Waals surface area contributed by atoms with E-state index >= 15 is 0 Å². The van der Waals surface area contributed by atoms with E-state index in [0.29, 0.717) is 5.57 Å². The average Bonchev–Trinajstić information content (AvgIpc) is 2.56. The van der Waals surface area contributed by atoms with Crippen molar-refractivity contribution in [3.8, 4) is 0 Å². The fraction of sp³-hybridized carbons (Fsp3) is 0.250. The minimum atomic E-state index is -0.453. The number of hydrogen-bond acceptors (Lipinski definition) is 2. The summed E-state index contributed by atoms with van der Waals surface area (Å²) in [5, 5.41) is 2.90. The molecule has 1 amide bonds. The lowest BCUT2D eigenvalue weighted by atomic mass is 9.98. The molecule has 1 unspecified atom stereocenters. The molecule has 1 aliphatic carbocycles. The molecular formula is C16H17FN2O. The molecule has 0 spiro atoms. The Hall–Kier alpha value is -2.32. The lowest BCUT2D eigenvalue weighted by Crippen LogP contribution is -2.32. The number of allylic oxidation sites excluding steroid dienone is 3. The molecule has 0 aromatic rings. The van der Waals surface area contributed by atoms with E-state index in [9.17, 15) is 9.18 Å². The van der Waals surface area contributed by atoms with E-state index in [4.69, 9.17) is 0 Å². The molecule has 20 heavy (non-hydrogen) atoms. The normalized spacial score (nSPS) is 22.5. The second kappa shape index (κ2) is 5.76. The minimum Gasteiger partial charge on any atom is -0.394 e. The largest absolute Gasteiger partial charge is 0.394 e. The molecule has 4 heteroatoms. The van der Waals surface area contributed by atoms with Crippen molar-refractivity contribution in [2.75, 3.05) is 14.1 Å². The molecule has 0 fully saturated rings. The van der Waals surface area contributed by atoms with E-state index in [2.05, 4.69) is 11.0 Å². The van der Waals surface area contributed by atoms with Crippen molar-refractivity contribution < 1.29 is 9.18 Å². The Labute approximate surface area is 118 Å². The Kier molecular flexibility index (Phi) is 4.06. The number of hydrogen-bond donors (Lipinski definition) is 1. The quantitative estimate of drug-likeness (QED) is 0.632. The van der Waals surface area contributed by atoms with Gasteiger partial charge in [-0.1, -0.05) is 6.08 Å². The summed E-state index contributed by atoms with van der Waals surface area (Å²) in [5.74, 6) is -0.621. The third-order valence-corrected chi connectivity index (χ3v) is 3.34. The third kappa shape index (κ3) is 2.51. The number of carbonyl (C=O) groups excluding carboxylic acids is 1. The maximum Gasteiger partial charge on any atom is 0.254 e. The van der Waals surface area contributed by atoms with Crippen LogP contribution in [-0.2, 0) is 4.79 Å². The van der Waals surface area contributed by atoms with E-state index < -0.39 is 5.83 Å². The van der Waals surface area contributed by atoms with Crippen LogP contribution in [0.15, 0.2) is 64.9 Å². The van der Waals surface area contributed by atoms with Crippen LogP contribution in [0.25, 0.3) is 0 Å². The Morgan fingerprint density at radius 1 is 1.50 bits per heavy atom. The summed E-state index contributed by atoms with van der Waals surface area (Å²) in [5.41, 5.74) is 4.97. The molecular weight excluding hydrogens is 255 g/mol. The molecule has 1 N–H and O–H groups in total. The van der Waals surface area contributed by atoms with Gasteiger partial charge in [0, 0.05) is 25.7 Å².